The number of carbonyl (C=O) groups excluding carboxylic acids is 1. The number of allylic oxidation sites excluding steroid dienone is 5. The van der Waals surface area contributed by atoms with Crippen molar-refractivity contribution in [3.8, 4) is 17.1 Å². The Morgan fingerprint density at radius 3 is 2.70 bits per heavy atom. The Labute approximate surface area is 196 Å². The van der Waals surface area contributed by atoms with Crippen molar-refractivity contribution in [3.05, 3.63) is 74.4 Å². The van der Waals surface area contributed by atoms with Crippen molar-refractivity contribution in [2.75, 3.05) is 12.8 Å². The molecule has 1 aromatic carbocycles. The third-order valence-corrected chi connectivity index (χ3v) is 5.40. The van der Waals surface area contributed by atoms with Gasteiger partial charge in [0.15, 0.2) is 0 Å². The number of thioether (sulfide) groups is 1. The van der Waals surface area contributed by atoms with Crippen LogP contribution in [-0.4, -0.2) is 34.0 Å². The van der Waals surface area contributed by atoms with Gasteiger partial charge < -0.3 is 14.9 Å². The van der Waals surface area contributed by atoms with E-state index in [4.69, 9.17) is 4.52 Å². The highest BCUT2D eigenvalue weighted by atomic mass is 79.9. The number of rotatable bonds is 9. The average Bonchev–Trinajstić information content (AvgIpc) is 3.20. The highest BCUT2D eigenvalue weighted by Crippen LogP contribution is 2.36. The zero-order valence-electron chi connectivity index (χ0n) is 16.5. The molecule has 9 heteroatoms. The van der Waals surface area contributed by atoms with Gasteiger partial charge in [-0.3, -0.25) is 4.79 Å². The number of nitrogens with one attached hydrogen (secondary N) is 1. The first kappa shape index (κ1) is 24.2. The topological polar surface area (TPSA) is 88.2 Å². The van der Waals surface area contributed by atoms with E-state index < -0.39 is 5.91 Å². The predicted molar refractivity (Wildman–Crippen MR) is 128 cm³/mol. The minimum absolute atomic E-state index is 0.0663. The van der Waals surface area contributed by atoms with E-state index in [2.05, 4.69) is 53.9 Å². The van der Waals surface area contributed by atoms with E-state index in [0.717, 1.165) is 11.1 Å². The second kappa shape index (κ2) is 11.9. The van der Waals surface area contributed by atoms with Crippen LogP contribution in [0.2, 0.25) is 0 Å². The van der Waals surface area contributed by atoms with Gasteiger partial charge >= 0.3 is 11.8 Å². The predicted octanol–water partition coefficient (Wildman–Crippen LogP) is 6.02. The van der Waals surface area contributed by atoms with E-state index >= 15 is 0 Å². The molecule has 0 aliphatic rings. The Morgan fingerprint density at radius 1 is 1.33 bits per heavy atom. The molecule has 0 unspecified atom stereocenters. The zero-order valence-corrected chi connectivity index (χ0v) is 20.5. The molecule has 1 aromatic heterocycles. The van der Waals surface area contributed by atoms with Gasteiger partial charge in [-0.1, -0.05) is 47.2 Å². The molecule has 2 N–H and O–H groups in total. The lowest BCUT2D eigenvalue weighted by Crippen LogP contribution is -2.24. The van der Waals surface area contributed by atoms with Crippen molar-refractivity contribution in [1.29, 1.82) is 0 Å². The Morgan fingerprint density at radius 2 is 2.03 bits per heavy atom. The molecular formula is C21H21Br2N3O3S. The molecule has 1 amide bonds. The fraction of sp³-hybridized carbons (Fsp3) is 0.190. The Kier molecular flexibility index (Phi) is 9.61. The van der Waals surface area contributed by atoms with Gasteiger partial charge in [0.2, 0.25) is 5.82 Å². The van der Waals surface area contributed by atoms with Crippen LogP contribution >= 0.6 is 43.6 Å². The Balaban J connectivity index is 1.88. The maximum Gasteiger partial charge on any atom is 0.316 e. The molecular weight excluding hydrogens is 534 g/mol. The van der Waals surface area contributed by atoms with Gasteiger partial charge in [0, 0.05) is 12.1 Å². The largest absolute Gasteiger partial charge is 0.506 e. The smallest absolute Gasteiger partial charge is 0.316 e. The summed E-state index contributed by atoms with van der Waals surface area (Å²) in [5, 5.41) is 18.4. The molecule has 0 spiro atoms. The first-order chi connectivity index (χ1) is 14.3. The Hall–Kier alpha value is -2.10. The molecule has 30 heavy (non-hydrogen) atoms. The van der Waals surface area contributed by atoms with Crippen LogP contribution in [0.4, 0.5) is 0 Å². The number of halogens is 2. The van der Waals surface area contributed by atoms with E-state index in [-0.39, 0.29) is 17.5 Å². The third-order valence-electron chi connectivity index (χ3n) is 3.79. The lowest BCUT2D eigenvalue weighted by molar-refractivity contribution is 0.0910. The first-order valence-corrected chi connectivity index (χ1v) is 11.7. The summed E-state index contributed by atoms with van der Waals surface area (Å²) in [6, 6.07) is 3.27. The van der Waals surface area contributed by atoms with Crippen LogP contribution in [0, 0.1) is 0 Å². The van der Waals surface area contributed by atoms with Crippen molar-refractivity contribution < 1.29 is 14.4 Å². The van der Waals surface area contributed by atoms with E-state index in [1.54, 1.807) is 23.9 Å². The number of benzene rings is 1. The maximum absolute atomic E-state index is 12.2. The number of phenols is 1. The van der Waals surface area contributed by atoms with E-state index in [0.29, 0.717) is 27.5 Å². The molecule has 0 radical (unpaired) electrons. The molecule has 6 nitrogen and oxygen atoms in total. The summed E-state index contributed by atoms with van der Waals surface area (Å²) in [7, 11) is 0. The average molecular weight is 555 g/mol. The zero-order chi connectivity index (χ0) is 22.1. The minimum Gasteiger partial charge on any atom is -0.506 e. The van der Waals surface area contributed by atoms with Crippen molar-refractivity contribution in [1.82, 2.24) is 15.5 Å². The van der Waals surface area contributed by atoms with Crippen molar-refractivity contribution in [2.45, 2.75) is 13.3 Å². The quantitative estimate of drug-likeness (QED) is 0.368. The molecule has 2 rings (SSSR count). The number of amides is 1. The van der Waals surface area contributed by atoms with Crippen LogP contribution in [0.25, 0.3) is 11.4 Å². The normalized spacial score (nSPS) is 12.1. The molecule has 0 saturated carbocycles. The molecule has 0 fully saturated rings. The number of hydrogen-bond donors (Lipinski definition) is 2. The summed E-state index contributed by atoms with van der Waals surface area (Å²) in [5.41, 5.74) is 2.61. The monoisotopic (exact) mass is 553 g/mol. The van der Waals surface area contributed by atoms with Gasteiger partial charge in [0.05, 0.1) is 8.95 Å². The molecule has 0 atom stereocenters. The summed E-state index contributed by atoms with van der Waals surface area (Å²) >= 11 is 8.14. The second-order valence-electron chi connectivity index (χ2n) is 6.18. The van der Waals surface area contributed by atoms with Gasteiger partial charge in [0.25, 0.3) is 0 Å². The number of aromatic nitrogens is 2. The molecule has 0 saturated heterocycles. The molecule has 2 aromatic rings. The highest BCUT2D eigenvalue weighted by Gasteiger charge is 2.17. The number of hydrogen-bond acceptors (Lipinski definition) is 6. The van der Waals surface area contributed by atoms with Crippen molar-refractivity contribution in [3.63, 3.8) is 0 Å². The number of nitrogens with zero attached hydrogens (tertiary/aromatic N) is 2. The molecule has 1 heterocycles. The fourth-order valence-electron chi connectivity index (χ4n) is 2.19. The van der Waals surface area contributed by atoms with Crippen molar-refractivity contribution in [2.24, 2.45) is 0 Å². The van der Waals surface area contributed by atoms with Crippen LogP contribution in [0.5, 0.6) is 5.75 Å². The van der Waals surface area contributed by atoms with Crippen molar-refractivity contribution >= 4 is 49.5 Å². The fourth-order valence-corrected chi connectivity index (χ4v) is 3.73. The third kappa shape index (κ3) is 7.30. The van der Waals surface area contributed by atoms with Gasteiger partial charge in [-0.05, 0) is 69.0 Å². The summed E-state index contributed by atoms with van der Waals surface area (Å²) in [4.78, 5) is 16.3. The lowest BCUT2D eigenvalue weighted by atomic mass is 10.2. The van der Waals surface area contributed by atoms with Crippen LogP contribution in [0.3, 0.4) is 0 Å². The van der Waals surface area contributed by atoms with E-state index in [9.17, 15) is 9.90 Å². The highest BCUT2D eigenvalue weighted by molar-refractivity contribution is 9.11. The summed E-state index contributed by atoms with van der Waals surface area (Å²) in [5.74, 6) is -0.283. The molecule has 0 bridgehead atoms. The van der Waals surface area contributed by atoms with Crippen LogP contribution in [0.15, 0.2) is 73.0 Å². The molecule has 158 valence electrons. The Bertz CT molecular complexity index is 990. The summed E-state index contributed by atoms with van der Waals surface area (Å²) < 4.78 is 6.00. The second-order valence-corrected chi connectivity index (χ2v) is 8.64. The van der Waals surface area contributed by atoms with Crippen LogP contribution in [0.1, 0.15) is 24.0 Å². The minimum atomic E-state index is -0.458. The standard InChI is InChI=1S/C21H21Br2N3O3S/c1-13(5-4-6-14(2)8-10-30-3)7-9-24-20(28)21-25-19(26-29-21)15-11-16(22)18(27)17(23)12-15/h4-6,8,10-12,27H,1,7,9H2,2-3H3,(H,24,28)/b5-4-,10-8-,14-6+. The molecule has 0 aliphatic heterocycles. The maximum atomic E-state index is 12.2. The number of carbonyl (C=O) groups is 1. The number of phenolic OH excluding ortho intramolecular Hbond substituents is 1. The van der Waals surface area contributed by atoms with Crippen LogP contribution in [-0.2, 0) is 0 Å². The summed E-state index contributed by atoms with van der Waals surface area (Å²) in [6.45, 7) is 6.40. The lowest BCUT2D eigenvalue weighted by Gasteiger charge is -2.02. The molecule has 0 aliphatic carbocycles. The van der Waals surface area contributed by atoms with Gasteiger partial charge in [-0.15, -0.1) is 11.8 Å². The SMILES string of the molecule is C=C(\C=C/C=C(C)/C=C\SC)CCNC(=O)c1nc(-c2cc(Br)c(O)c(Br)c2)no1. The van der Waals surface area contributed by atoms with E-state index in [1.807, 2.05) is 42.9 Å². The summed E-state index contributed by atoms with van der Waals surface area (Å²) in [6.07, 6.45) is 10.5. The first-order valence-electron chi connectivity index (χ1n) is 8.84. The van der Waals surface area contributed by atoms with Gasteiger partial charge in [0.1, 0.15) is 5.75 Å². The van der Waals surface area contributed by atoms with Gasteiger partial charge in [-0.2, -0.15) is 4.98 Å². The van der Waals surface area contributed by atoms with Gasteiger partial charge in [-0.25, -0.2) is 0 Å². The van der Waals surface area contributed by atoms with Crippen LogP contribution < -0.4 is 5.32 Å². The number of aromatic hydroxyl groups is 1. The van der Waals surface area contributed by atoms with E-state index in [1.165, 1.54) is 0 Å².